The highest BCUT2D eigenvalue weighted by molar-refractivity contribution is 5.94. The molecule has 5 heteroatoms. The molecule has 1 aromatic heterocycles. The number of aryl methyl sites for hydroxylation is 1. The molecule has 0 aliphatic carbocycles. The third-order valence-corrected chi connectivity index (χ3v) is 2.81. The normalized spacial score (nSPS) is 19.8. The van der Waals surface area contributed by atoms with Crippen LogP contribution in [0.1, 0.15) is 16.1 Å². The Morgan fingerprint density at radius 3 is 3.12 bits per heavy atom. The second-order valence-electron chi connectivity index (χ2n) is 4.04. The van der Waals surface area contributed by atoms with Crippen LogP contribution in [0, 0.1) is 18.3 Å². The minimum absolute atomic E-state index is 0.120. The van der Waals surface area contributed by atoms with Gasteiger partial charge >= 0.3 is 0 Å². The predicted octanol–water partition coefficient (Wildman–Crippen LogP) is 0.328. The van der Waals surface area contributed by atoms with E-state index in [0.29, 0.717) is 18.7 Å². The standard InChI is InChI=1S/C12H14N4O/c1-9-2-3-10(7-15-9)12(17)16-5-4-14-8-11(16)6-13/h2-3,7,11,14H,4-5,8H2,1H3. The molecule has 1 atom stereocenters. The Morgan fingerprint density at radius 1 is 1.65 bits per heavy atom. The molecule has 1 aliphatic rings. The van der Waals surface area contributed by atoms with Gasteiger partial charge < -0.3 is 10.2 Å². The number of hydrogen-bond donors (Lipinski definition) is 1. The summed E-state index contributed by atoms with van der Waals surface area (Å²) < 4.78 is 0. The van der Waals surface area contributed by atoms with Crippen molar-refractivity contribution in [3.05, 3.63) is 29.6 Å². The number of amides is 1. The Kier molecular flexibility index (Phi) is 3.35. The van der Waals surface area contributed by atoms with Crippen LogP contribution >= 0.6 is 0 Å². The van der Waals surface area contributed by atoms with Crippen molar-refractivity contribution in [3.63, 3.8) is 0 Å². The second kappa shape index (κ2) is 4.93. The summed E-state index contributed by atoms with van der Waals surface area (Å²) in [6.07, 6.45) is 1.56. The summed E-state index contributed by atoms with van der Waals surface area (Å²) >= 11 is 0. The van der Waals surface area contributed by atoms with Crippen LogP contribution in [0.4, 0.5) is 0 Å². The Balaban J connectivity index is 2.18. The fourth-order valence-electron chi connectivity index (χ4n) is 1.82. The van der Waals surface area contributed by atoms with Crippen LogP contribution in [0.3, 0.4) is 0 Å². The van der Waals surface area contributed by atoms with E-state index < -0.39 is 6.04 Å². The van der Waals surface area contributed by atoms with Gasteiger partial charge in [-0.1, -0.05) is 0 Å². The lowest BCUT2D eigenvalue weighted by Gasteiger charge is -2.31. The van der Waals surface area contributed by atoms with Crippen LogP contribution < -0.4 is 5.32 Å². The quantitative estimate of drug-likeness (QED) is 0.754. The van der Waals surface area contributed by atoms with Gasteiger partial charge in [-0.25, -0.2) is 0 Å². The van der Waals surface area contributed by atoms with Gasteiger partial charge in [0.1, 0.15) is 6.04 Å². The maximum absolute atomic E-state index is 12.2. The van der Waals surface area contributed by atoms with Gasteiger partial charge in [0.2, 0.25) is 0 Å². The number of aromatic nitrogens is 1. The molecular formula is C12H14N4O. The average Bonchev–Trinajstić information content (AvgIpc) is 2.39. The maximum Gasteiger partial charge on any atom is 0.256 e. The van der Waals surface area contributed by atoms with E-state index in [1.807, 2.05) is 6.92 Å². The summed E-state index contributed by atoms with van der Waals surface area (Å²) in [5, 5.41) is 12.1. The zero-order valence-electron chi connectivity index (χ0n) is 9.68. The van der Waals surface area contributed by atoms with E-state index >= 15 is 0 Å². The number of hydrogen-bond acceptors (Lipinski definition) is 4. The maximum atomic E-state index is 12.2. The summed E-state index contributed by atoms with van der Waals surface area (Å²) in [6.45, 7) is 3.69. The predicted molar refractivity (Wildman–Crippen MR) is 62.3 cm³/mol. The molecule has 17 heavy (non-hydrogen) atoms. The van der Waals surface area contributed by atoms with Crippen LogP contribution in [0.2, 0.25) is 0 Å². The Bertz CT molecular complexity index is 449. The number of nitriles is 1. The summed E-state index contributed by atoms with van der Waals surface area (Å²) in [5.74, 6) is -0.120. The van der Waals surface area contributed by atoms with Gasteiger partial charge in [0.15, 0.2) is 0 Å². The van der Waals surface area contributed by atoms with E-state index in [4.69, 9.17) is 5.26 Å². The zero-order valence-corrected chi connectivity index (χ0v) is 9.68. The Morgan fingerprint density at radius 2 is 2.47 bits per heavy atom. The first-order valence-electron chi connectivity index (χ1n) is 5.56. The molecular weight excluding hydrogens is 216 g/mol. The molecule has 1 saturated heterocycles. The van der Waals surface area contributed by atoms with Gasteiger partial charge in [0, 0.05) is 31.5 Å². The fraction of sp³-hybridized carbons (Fsp3) is 0.417. The average molecular weight is 230 g/mol. The minimum Gasteiger partial charge on any atom is -0.320 e. The molecule has 1 aromatic rings. The van der Waals surface area contributed by atoms with Gasteiger partial charge in [-0.2, -0.15) is 5.26 Å². The number of carbonyl (C=O) groups is 1. The number of carbonyl (C=O) groups excluding carboxylic acids is 1. The van der Waals surface area contributed by atoms with E-state index in [0.717, 1.165) is 12.2 Å². The van der Waals surface area contributed by atoms with Gasteiger partial charge in [-0.15, -0.1) is 0 Å². The van der Waals surface area contributed by atoms with E-state index in [1.54, 1.807) is 23.2 Å². The molecule has 2 heterocycles. The molecule has 1 fully saturated rings. The third-order valence-electron chi connectivity index (χ3n) is 2.81. The van der Waals surface area contributed by atoms with Gasteiger partial charge in [0.25, 0.3) is 5.91 Å². The highest BCUT2D eigenvalue weighted by atomic mass is 16.2. The molecule has 1 aliphatic heterocycles. The van der Waals surface area contributed by atoms with E-state index in [-0.39, 0.29) is 5.91 Å². The molecule has 0 radical (unpaired) electrons. The number of rotatable bonds is 1. The van der Waals surface area contributed by atoms with Crippen LogP contribution in [0.5, 0.6) is 0 Å². The fourth-order valence-corrected chi connectivity index (χ4v) is 1.82. The number of nitrogens with one attached hydrogen (secondary N) is 1. The van der Waals surface area contributed by atoms with Crippen LogP contribution in [0.15, 0.2) is 18.3 Å². The molecule has 1 amide bonds. The monoisotopic (exact) mass is 230 g/mol. The summed E-state index contributed by atoms with van der Waals surface area (Å²) in [7, 11) is 0. The Hall–Kier alpha value is -1.93. The first-order valence-corrected chi connectivity index (χ1v) is 5.56. The van der Waals surface area contributed by atoms with Gasteiger partial charge in [-0.05, 0) is 19.1 Å². The topological polar surface area (TPSA) is 69.0 Å². The van der Waals surface area contributed by atoms with Crippen molar-refractivity contribution >= 4 is 5.91 Å². The van der Waals surface area contributed by atoms with Crippen molar-refractivity contribution in [2.45, 2.75) is 13.0 Å². The zero-order chi connectivity index (χ0) is 12.3. The van der Waals surface area contributed by atoms with Crippen molar-refractivity contribution in [1.82, 2.24) is 15.2 Å². The largest absolute Gasteiger partial charge is 0.320 e. The number of nitrogens with zero attached hydrogens (tertiary/aromatic N) is 3. The molecule has 2 rings (SSSR count). The number of pyridine rings is 1. The smallest absolute Gasteiger partial charge is 0.256 e. The first kappa shape index (κ1) is 11.6. The molecule has 0 aromatic carbocycles. The molecule has 88 valence electrons. The Labute approximate surface area is 100 Å². The molecule has 5 nitrogen and oxygen atoms in total. The van der Waals surface area contributed by atoms with Crippen LogP contribution in [0.25, 0.3) is 0 Å². The van der Waals surface area contributed by atoms with E-state index in [2.05, 4.69) is 16.4 Å². The SMILES string of the molecule is Cc1ccc(C(=O)N2CCNCC2C#N)cn1. The minimum atomic E-state index is -0.391. The molecule has 1 N–H and O–H groups in total. The molecule has 1 unspecified atom stereocenters. The van der Waals surface area contributed by atoms with Crippen molar-refractivity contribution in [1.29, 1.82) is 5.26 Å². The molecule has 0 bridgehead atoms. The third kappa shape index (κ3) is 2.43. The number of piperazine rings is 1. The van der Waals surface area contributed by atoms with Gasteiger partial charge in [-0.3, -0.25) is 9.78 Å². The highest BCUT2D eigenvalue weighted by Crippen LogP contribution is 2.09. The molecule has 0 saturated carbocycles. The lowest BCUT2D eigenvalue weighted by molar-refractivity contribution is 0.0686. The van der Waals surface area contributed by atoms with Crippen molar-refractivity contribution in [2.24, 2.45) is 0 Å². The van der Waals surface area contributed by atoms with Crippen LogP contribution in [-0.4, -0.2) is 41.5 Å². The lowest BCUT2D eigenvalue weighted by Crippen LogP contribution is -2.53. The summed E-state index contributed by atoms with van der Waals surface area (Å²) in [5.41, 5.74) is 1.41. The second-order valence-corrected chi connectivity index (χ2v) is 4.04. The molecule has 0 spiro atoms. The summed E-state index contributed by atoms with van der Waals surface area (Å²) in [4.78, 5) is 17.9. The summed E-state index contributed by atoms with van der Waals surface area (Å²) in [6, 6.07) is 5.30. The van der Waals surface area contributed by atoms with Crippen molar-refractivity contribution in [3.8, 4) is 6.07 Å². The first-order chi connectivity index (χ1) is 8.22. The van der Waals surface area contributed by atoms with Crippen molar-refractivity contribution in [2.75, 3.05) is 19.6 Å². The van der Waals surface area contributed by atoms with Crippen molar-refractivity contribution < 1.29 is 4.79 Å². The van der Waals surface area contributed by atoms with E-state index in [1.165, 1.54) is 0 Å². The van der Waals surface area contributed by atoms with E-state index in [9.17, 15) is 4.79 Å². The highest BCUT2D eigenvalue weighted by Gasteiger charge is 2.27. The van der Waals surface area contributed by atoms with Crippen LogP contribution in [-0.2, 0) is 0 Å². The van der Waals surface area contributed by atoms with Gasteiger partial charge in [0.05, 0.1) is 11.6 Å². The lowest BCUT2D eigenvalue weighted by atomic mass is 10.1.